The van der Waals surface area contributed by atoms with Gasteiger partial charge in [-0.2, -0.15) is 0 Å². The summed E-state index contributed by atoms with van der Waals surface area (Å²) in [6, 6.07) is -14.5. The Morgan fingerprint density at radius 2 is 0.953 bits per heavy atom. The maximum Gasteiger partial charge on any atom is 0.245 e. The smallest absolute Gasteiger partial charge is 0.245 e. The summed E-state index contributed by atoms with van der Waals surface area (Å²) >= 11 is 0. The van der Waals surface area contributed by atoms with Crippen LogP contribution in [0.15, 0.2) is 0 Å². The van der Waals surface area contributed by atoms with Crippen molar-refractivity contribution in [3.8, 4) is 0 Å². The number of nitrogens with one attached hydrogen (secondary N) is 8. The number of carbonyl (C=O) groups is 12. The first kappa shape index (κ1) is 55.6. The maximum absolute atomic E-state index is 13.9. The molecule has 0 unspecified atom stereocenters. The number of hydrogen-bond donors (Lipinski definition) is 11. The van der Waals surface area contributed by atoms with Crippen LogP contribution in [0, 0.1) is 11.8 Å². The molecule has 1 rings (SSSR count). The van der Waals surface area contributed by atoms with Crippen LogP contribution in [0.5, 0.6) is 0 Å². The molecule has 1 fully saturated rings. The second kappa shape index (κ2) is 27.6. The lowest BCUT2D eigenvalue weighted by atomic mass is 9.96. The first-order chi connectivity index (χ1) is 29.9. The van der Waals surface area contributed by atoms with E-state index in [9.17, 15) is 78.0 Å². The number of amides is 9. The lowest BCUT2D eigenvalue weighted by molar-refractivity contribution is -0.368. The van der Waals surface area contributed by atoms with E-state index in [4.69, 9.17) is 5.73 Å². The standard InChI is InChI=1S/C38H62N10O16/c1-5-18(4)30-38(64)46-24(15-29(55)56)35(61)44-22(13-26(40)50)34(60)42-20(9-10-27(51)52)31(57)45-23(14-28(53)54)36(62)47-25(16-49)37(63)43-21(12-17(2)3)33(59)41-19(32(58)48-30)8-6-7-11-39/h17-25,30,49H,5-16,39H2,1-4H3,(H2,40,50)(H,41,59)(H,42,60)(H,43,63)(H,44,61)(H,45,57)(H,46,64)(H,47,62)(H,48,58)(H,51,52)(H,53,54)(H,55,56)/p-2/t18-,19-,20-,21-,22-,23-,24-,25-,30-/m0/s1. The third-order valence-corrected chi connectivity index (χ3v) is 9.89. The molecule has 1 aliphatic rings. The van der Waals surface area contributed by atoms with Crippen molar-refractivity contribution >= 4 is 71.1 Å². The Labute approximate surface area is 367 Å². The highest BCUT2D eigenvalue weighted by Crippen LogP contribution is 2.13. The lowest BCUT2D eigenvalue weighted by Gasteiger charge is -2.30. The average molecular weight is 913 g/mol. The Balaban J connectivity index is 4.03. The number of aliphatic hydroxyl groups is 1. The molecule has 26 nitrogen and oxygen atoms in total. The summed E-state index contributed by atoms with van der Waals surface area (Å²) in [6.07, 6.45) is -4.37. The molecule has 0 aromatic rings. The van der Waals surface area contributed by atoms with Crippen molar-refractivity contribution in [2.24, 2.45) is 17.6 Å². The number of carboxylic acids is 3. The van der Waals surface area contributed by atoms with E-state index in [2.05, 4.69) is 27.0 Å². The zero-order valence-corrected chi connectivity index (χ0v) is 36.1. The van der Waals surface area contributed by atoms with Crippen LogP contribution in [0.3, 0.4) is 0 Å². The summed E-state index contributed by atoms with van der Waals surface area (Å²) in [4.78, 5) is 156. The monoisotopic (exact) mass is 912 g/mol. The minimum Gasteiger partial charge on any atom is -0.550 e. The van der Waals surface area contributed by atoms with Gasteiger partial charge in [0.25, 0.3) is 0 Å². The van der Waals surface area contributed by atoms with Gasteiger partial charge in [0.15, 0.2) is 0 Å². The molecular formula is C38H60N10O16-2. The number of carboxylic acid groups (broad SMARTS) is 3. The number of aliphatic carboxylic acids is 3. The molecule has 0 bridgehead atoms. The molecule has 360 valence electrons. The first-order valence-electron chi connectivity index (χ1n) is 20.6. The Morgan fingerprint density at radius 1 is 0.562 bits per heavy atom. The fourth-order valence-corrected chi connectivity index (χ4v) is 6.24. The van der Waals surface area contributed by atoms with Crippen LogP contribution in [0.2, 0.25) is 0 Å². The molecule has 9 amide bonds. The Kier molecular flexibility index (Phi) is 24.0. The molecule has 0 spiro atoms. The van der Waals surface area contributed by atoms with Gasteiger partial charge in [0.1, 0.15) is 48.3 Å². The van der Waals surface area contributed by atoms with Crippen LogP contribution >= 0.6 is 0 Å². The van der Waals surface area contributed by atoms with Crippen molar-refractivity contribution < 1.29 is 83.7 Å². The largest absolute Gasteiger partial charge is 0.550 e. The van der Waals surface area contributed by atoms with Crippen LogP contribution < -0.4 is 69.3 Å². The summed E-state index contributed by atoms with van der Waals surface area (Å²) in [7, 11) is 0. The predicted octanol–water partition coefficient (Wildman–Crippen LogP) is -9.94. The van der Waals surface area contributed by atoms with Crippen molar-refractivity contribution in [2.75, 3.05) is 13.2 Å². The fourth-order valence-electron chi connectivity index (χ4n) is 6.24. The quantitative estimate of drug-likeness (QED) is 0.0569. The zero-order chi connectivity index (χ0) is 48.8. The summed E-state index contributed by atoms with van der Waals surface area (Å²) < 4.78 is 0. The molecule has 14 N–H and O–H groups in total. The Bertz CT molecular complexity index is 1730. The summed E-state index contributed by atoms with van der Waals surface area (Å²) in [5, 5.41) is 62.8. The predicted molar refractivity (Wildman–Crippen MR) is 210 cm³/mol. The molecule has 0 saturated carbocycles. The molecule has 0 radical (unpaired) electrons. The molecule has 1 saturated heterocycles. The van der Waals surface area contributed by atoms with Crippen molar-refractivity contribution in [1.29, 1.82) is 0 Å². The molecule has 0 aromatic carbocycles. The van der Waals surface area contributed by atoms with Gasteiger partial charge in [-0.15, -0.1) is 0 Å². The molecule has 26 heteroatoms. The summed E-state index contributed by atoms with van der Waals surface area (Å²) in [5.41, 5.74) is 9.04. The lowest BCUT2D eigenvalue weighted by Crippen LogP contribution is -2.63. The zero-order valence-electron chi connectivity index (χ0n) is 36.1. The molecule has 9 atom stereocenters. The second-order valence-electron chi connectivity index (χ2n) is 15.7. The highest BCUT2D eigenvalue weighted by atomic mass is 16.4. The second-order valence-corrected chi connectivity index (χ2v) is 15.7. The molecule has 1 heterocycles. The summed E-state index contributed by atoms with van der Waals surface area (Å²) in [5.74, 6) is -17.6. The van der Waals surface area contributed by atoms with E-state index in [1.165, 1.54) is 6.92 Å². The number of hydrogen-bond acceptors (Lipinski definition) is 16. The Hall–Kier alpha value is -6.44. The molecular weight excluding hydrogens is 852 g/mol. The van der Waals surface area contributed by atoms with Crippen LogP contribution in [0.25, 0.3) is 0 Å². The first-order valence-corrected chi connectivity index (χ1v) is 20.6. The van der Waals surface area contributed by atoms with E-state index in [1.807, 2.05) is 21.3 Å². The number of aliphatic hydroxyl groups excluding tert-OH is 1. The van der Waals surface area contributed by atoms with Gasteiger partial charge in [-0.05, 0) is 50.4 Å². The SMILES string of the molecule is CC[C@H](C)[C@@H]1NC(=O)[C@H](CCCC[NH3+])NC(=O)[C@H](CC(C)C)NC(=O)[C@H](CO)NC(=O)[C@H](CC(=O)[O-])NC(=O)[C@H](CCC(=O)[O-])NC(=O)[C@H](CC(N)=O)NC(=O)[C@H](CC(=O)[O-])NC1=O. The maximum atomic E-state index is 13.9. The van der Waals surface area contributed by atoms with Gasteiger partial charge in [-0.25, -0.2) is 0 Å². The molecule has 0 aliphatic carbocycles. The van der Waals surface area contributed by atoms with Crippen molar-refractivity contribution in [3.05, 3.63) is 0 Å². The van der Waals surface area contributed by atoms with Crippen molar-refractivity contribution in [2.45, 2.75) is 140 Å². The van der Waals surface area contributed by atoms with E-state index < -0.39 is 164 Å². The van der Waals surface area contributed by atoms with Crippen LogP contribution in [-0.4, -0.2) is 138 Å². The van der Waals surface area contributed by atoms with Gasteiger partial charge >= 0.3 is 0 Å². The van der Waals surface area contributed by atoms with Gasteiger partial charge < -0.3 is 88.8 Å². The minimum atomic E-state index is -2.14. The number of rotatable bonds is 18. The number of nitrogens with two attached hydrogens (primary N) is 1. The number of carbonyl (C=O) groups excluding carboxylic acids is 12. The van der Waals surface area contributed by atoms with Crippen molar-refractivity contribution in [1.82, 2.24) is 42.5 Å². The third kappa shape index (κ3) is 19.7. The third-order valence-electron chi connectivity index (χ3n) is 9.89. The molecule has 1 aliphatic heterocycles. The van der Waals surface area contributed by atoms with Crippen LogP contribution in [0.4, 0.5) is 0 Å². The number of quaternary nitrogens is 1. The van der Waals surface area contributed by atoms with E-state index in [-0.39, 0.29) is 25.2 Å². The van der Waals surface area contributed by atoms with Crippen molar-refractivity contribution in [3.63, 3.8) is 0 Å². The average Bonchev–Trinajstić information content (AvgIpc) is 3.20. The van der Waals surface area contributed by atoms with Gasteiger partial charge in [-0.1, -0.05) is 34.1 Å². The van der Waals surface area contributed by atoms with Gasteiger partial charge in [-0.3, -0.25) is 43.2 Å². The summed E-state index contributed by atoms with van der Waals surface area (Å²) in [6.45, 7) is 5.86. The topological polar surface area (TPSA) is 444 Å². The van der Waals surface area contributed by atoms with Crippen LogP contribution in [-0.2, 0) is 57.5 Å². The highest BCUT2D eigenvalue weighted by molar-refractivity contribution is 6.00. The van der Waals surface area contributed by atoms with E-state index in [1.54, 1.807) is 20.8 Å². The Morgan fingerprint density at radius 3 is 1.39 bits per heavy atom. The number of unbranched alkanes of at least 4 members (excludes halogenated alkanes) is 1. The van der Waals surface area contributed by atoms with E-state index in [0.29, 0.717) is 19.4 Å². The fraction of sp³-hybridized carbons (Fsp3) is 0.684. The highest BCUT2D eigenvalue weighted by Gasteiger charge is 2.37. The van der Waals surface area contributed by atoms with E-state index in [0.717, 1.165) is 0 Å². The van der Waals surface area contributed by atoms with E-state index >= 15 is 0 Å². The molecule has 0 aromatic heterocycles. The van der Waals surface area contributed by atoms with Gasteiger partial charge in [0, 0.05) is 30.7 Å². The van der Waals surface area contributed by atoms with Gasteiger partial charge in [0.2, 0.25) is 53.2 Å². The minimum absolute atomic E-state index is 0.0156. The molecule has 64 heavy (non-hydrogen) atoms. The number of primary amides is 1. The van der Waals surface area contributed by atoms with Crippen LogP contribution in [0.1, 0.15) is 91.9 Å². The van der Waals surface area contributed by atoms with Gasteiger partial charge in [0.05, 0.1) is 19.6 Å². The normalized spacial score (nSPS) is 25.4.